The Hall–Kier alpha value is -1.15. The monoisotopic (exact) mass is 400 g/mol. The predicted molar refractivity (Wildman–Crippen MR) is 93.5 cm³/mol. The van der Waals surface area contributed by atoms with E-state index in [0.29, 0.717) is 28.3 Å². The lowest BCUT2D eigenvalue weighted by atomic mass is 10.3. The van der Waals surface area contributed by atoms with E-state index in [1.54, 1.807) is 6.20 Å². The summed E-state index contributed by atoms with van der Waals surface area (Å²) in [6.45, 7) is 4.07. The maximum Gasteiger partial charge on any atom is 0.271 e. The molecule has 0 unspecified atom stereocenters. The molecular formula is C15H21BrN4O2S. The van der Waals surface area contributed by atoms with Gasteiger partial charge in [-0.25, -0.2) is 9.97 Å². The second kappa shape index (κ2) is 9.22. The van der Waals surface area contributed by atoms with Crippen molar-refractivity contribution < 1.29 is 9.59 Å². The molecule has 1 aromatic rings. The van der Waals surface area contributed by atoms with Crippen molar-refractivity contribution in [3.63, 3.8) is 0 Å². The number of thioether (sulfide) groups is 1. The van der Waals surface area contributed by atoms with Crippen molar-refractivity contribution in [2.45, 2.75) is 37.8 Å². The number of nitrogens with zero attached hydrogens (tertiary/aromatic N) is 3. The van der Waals surface area contributed by atoms with E-state index in [0.717, 1.165) is 38.1 Å². The Labute approximate surface area is 149 Å². The second-order valence-electron chi connectivity index (χ2n) is 5.29. The Morgan fingerprint density at radius 3 is 2.83 bits per heavy atom. The molecule has 2 amide bonds. The van der Waals surface area contributed by atoms with E-state index in [2.05, 4.69) is 38.1 Å². The van der Waals surface area contributed by atoms with Gasteiger partial charge in [0.05, 0.1) is 4.47 Å². The third kappa shape index (κ3) is 5.46. The van der Waals surface area contributed by atoms with E-state index >= 15 is 0 Å². The molecule has 1 saturated heterocycles. The first-order chi connectivity index (χ1) is 11.1. The number of nitrogens with one attached hydrogen (secondary N) is 1. The summed E-state index contributed by atoms with van der Waals surface area (Å²) >= 11 is 4.83. The van der Waals surface area contributed by atoms with Gasteiger partial charge in [0.15, 0.2) is 5.16 Å². The van der Waals surface area contributed by atoms with Crippen LogP contribution in [-0.2, 0) is 4.79 Å². The van der Waals surface area contributed by atoms with Crippen LogP contribution in [0.4, 0.5) is 0 Å². The highest BCUT2D eigenvalue weighted by Crippen LogP contribution is 2.19. The molecule has 1 aliphatic rings. The average Bonchev–Trinajstić information content (AvgIpc) is 3.08. The van der Waals surface area contributed by atoms with E-state index in [4.69, 9.17) is 0 Å². The van der Waals surface area contributed by atoms with Gasteiger partial charge >= 0.3 is 0 Å². The molecule has 1 aliphatic heterocycles. The van der Waals surface area contributed by atoms with Crippen LogP contribution in [0.5, 0.6) is 0 Å². The van der Waals surface area contributed by atoms with Crippen LogP contribution < -0.4 is 5.32 Å². The van der Waals surface area contributed by atoms with Gasteiger partial charge < -0.3 is 10.2 Å². The third-order valence-corrected chi connectivity index (χ3v) is 5.10. The SMILES string of the molecule is CCCSc1ncc(Br)c(C(=O)NCCC(=O)N2CCCC2)n1. The van der Waals surface area contributed by atoms with Crippen molar-refractivity contribution in [3.05, 3.63) is 16.4 Å². The zero-order valence-electron chi connectivity index (χ0n) is 13.2. The van der Waals surface area contributed by atoms with Crippen LogP contribution in [-0.4, -0.2) is 52.1 Å². The molecule has 0 atom stereocenters. The Balaban J connectivity index is 1.85. The summed E-state index contributed by atoms with van der Waals surface area (Å²) in [6, 6.07) is 0. The number of hydrogen-bond donors (Lipinski definition) is 1. The molecule has 2 rings (SSSR count). The Kier molecular flexibility index (Phi) is 7.29. The molecule has 23 heavy (non-hydrogen) atoms. The van der Waals surface area contributed by atoms with Crippen LogP contribution in [0, 0.1) is 0 Å². The van der Waals surface area contributed by atoms with Crippen molar-refractivity contribution in [1.82, 2.24) is 20.2 Å². The zero-order valence-corrected chi connectivity index (χ0v) is 15.6. The van der Waals surface area contributed by atoms with E-state index in [9.17, 15) is 9.59 Å². The van der Waals surface area contributed by atoms with Gasteiger partial charge in [-0.15, -0.1) is 0 Å². The minimum Gasteiger partial charge on any atom is -0.350 e. The van der Waals surface area contributed by atoms with E-state index in [1.807, 2.05) is 4.90 Å². The summed E-state index contributed by atoms with van der Waals surface area (Å²) in [5.74, 6) is 0.725. The number of aromatic nitrogens is 2. The normalized spacial score (nSPS) is 14.1. The number of halogens is 1. The standard InChI is InChI=1S/C15H21BrN4O2S/c1-2-9-23-15-18-10-11(16)13(19-15)14(22)17-6-5-12(21)20-7-3-4-8-20/h10H,2-9H2,1H3,(H,17,22). The molecule has 6 nitrogen and oxygen atoms in total. The minimum absolute atomic E-state index is 0.101. The number of hydrogen-bond acceptors (Lipinski definition) is 5. The molecule has 0 aromatic carbocycles. The summed E-state index contributed by atoms with van der Waals surface area (Å²) in [6.07, 6.45) is 5.08. The molecule has 8 heteroatoms. The lowest BCUT2D eigenvalue weighted by Gasteiger charge is -2.15. The molecule has 1 aromatic heterocycles. The maximum absolute atomic E-state index is 12.2. The van der Waals surface area contributed by atoms with Gasteiger partial charge in [0, 0.05) is 38.0 Å². The number of amides is 2. The third-order valence-electron chi connectivity index (χ3n) is 3.46. The lowest BCUT2D eigenvalue weighted by Crippen LogP contribution is -2.33. The van der Waals surface area contributed by atoms with Gasteiger partial charge in [0.1, 0.15) is 5.69 Å². The molecule has 1 N–H and O–H groups in total. The number of carbonyl (C=O) groups excluding carboxylic acids is 2. The summed E-state index contributed by atoms with van der Waals surface area (Å²) in [4.78, 5) is 34.5. The first-order valence-electron chi connectivity index (χ1n) is 7.83. The summed E-state index contributed by atoms with van der Waals surface area (Å²) < 4.78 is 0.557. The first kappa shape index (κ1) is 18.2. The Bertz CT molecular complexity index is 564. The van der Waals surface area contributed by atoms with Crippen molar-refractivity contribution in [2.24, 2.45) is 0 Å². The molecule has 126 valence electrons. The van der Waals surface area contributed by atoms with Gasteiger partial charge in [-0.05, 0) is 35.2 Å². The fourth-order valence-corrected chi connectivity index (χ4v) is 3.31. The Morgan fingerprint density at radius 1 is 1.39 bits per heavy atom. The van der Waals surface area contributed by atoms with Gasteiger partial charge in [-0.2, -0.15) is 0 Å². The topological polar surface area (TPSA) is 75.2 Å². The fraction of sp³-hybridized carbons (Fsp3) is 0.600. The summed E-state index contributed by atoms with van der Waals surface area (Å²) in [7, 11) is 0. The Morgan fingerprint density at radius 2 is 2.13 bits per heavy atom. The van der Waals surface area contributed by atoms with Crippen molar-refractivity contribution in [1.29, 1.82) is 0 Å². The van der Waals surface area contributed by atoms with E-state index in [1.165, 1.54) is 11.8 Å². The first-order valence-corrected chi connectivity index (χ1v) is 9.61. The van der Waals surface area contributed by atoms with Gasteiger partial charge in [-0.3, -0.25) is 9.59 Å². The highest BCUT2D eigenvalue weighted by molar-refractivity contribution is 9.10. The lowest BCUT2D eigenvalue weighted by molar-refractivity contribution is -0.129. The summed E-state index contributed by atoms with van der Waals surface area (Å²) in [5, 5.41) is 3.35. The minimum atomic E-state index is -0.285. The second-order valence-corrected chi connectivity index (χ2v) is 7.21. The highest BCUT2D eigenvalue weighted by atomic mass is 79.9. The van der Waals surface area contributed by atoms with Crippen molar-refractivity contribution >= 4 is 39.5 Å². The summed E-state index contributed by atoms with van der Waals surface area (Å²) in [5.41, 5.74) is 0.312. The largest absolute Gasteiger partial charge is 0.350 e. The molecule has 0 aliphatic carbocycles. The van der Waals surface area contributed by atoms with E-state index < -0.39 is 0 Å². The number of carbonyl (C=O) groups is 2. The van der Waals surface area contributed by atoms with Crippen LogP contribution in [0.3, 0.4) is 0 Å². The van der Waals surface area contributed by atoms with Crippen LogP contribution in [0.25, 0.3) is 0 Å². The zero-order chi connectivity index (χ0) is 16.7. The van der Waals surface area contributed by atoms with Crippen LogP contribution >= 0.6 is 27.7 Å². The molecule has 0 radical (unpaired) electrons. The molecule has 1 fully saturated rings. The number of rotatable bonds is 7. The van der Waals surface area contributed by atoms with Gasteiger partial charge in [-0.1, -0.05) is 18.7 Å². The van der Waals surface area contributed by atoms with Gasteiger partial charge in [0.2, 0.25) is 5.91 Å². The van der Waals surface area contributed by atoms with E-state index in [-0.39, 0.29) is 11.8 Å². The van der Waals surface area contributed by atoms with Gasteiger partial charge in [0.25, 0.3) is 5.91 Å². The quantitative estimate of drug-likeness (QED) is 0.561. The molecule has 0 saturated carbocycles. The van der Waals surface area contributed by atoms with Crippen molar-refractivity contribution in [3.8, 4) is 0 Å². The molecule has 2 heterocycles. The molecule has 0 spiro atoms. The van der Waals surface area contributed by atoms with Crippen LogP contribution in [0.15, 0.2) is 15.8 Å². The van der Waals surface area contributed by atoms with Crippen LogP contribution in [0.2, 0.25) is 0 Å². The smallest absolute Gasteiger partial charge is 0.271 e. The predicted octanol–water partition coefficient (Wildman–Crippen LogP) is 2.48. The molecular weight excluding hydrogens is 380 g/mol. The average molecular weight is 401 g/mol. The molecule has 0 bridgehead atoms. The van der Waals surface area contributed by atoms with Crippen molar-refractivity contribution in [2.75, 3.05) is 25.4 Å². The highest BCUT2D eigenvalue weighted by Gasteiger charge is 2.18. The number of likely N-dealkylation sites (tertiary alicyclic amines) is 1. The van der Waals surface area contributed by atoms with Crippen LogP contribution in [0.1, 0.15) is 43.1 Å². The maximum atomic E-state index is 12.2. The fourth-order valence-electron chi connectivity index (χ4n) is 2.26.